The van der Waals surface area contributed by atoms with Gasteiger partial charge < -0.3 is 19.5 Å². The molecule has 21 heavy (non-hydrogen) atoms. The Morgan fingerprint density at radius 2 is 1.33 bits per heavy atom. The molecule has 2 aromatic rings. The van der Waals surface area contributed by atoms with Gasteiger partial charge in [0.2, 0.25) is 0 Å². The highest BCUT2D eigenvalue weighted by Gasteiger charge is 2.05. The molecule has 112 valence electrons. The molecule has 0 amide bonds. The fourth-order valence-electron chi connectivity index (χ4n) is 2.17. The van der Waals surface area contributed by atoms with Crippen LogP contribution in [0.5, 0.6) is 17.2 Å². The Morgan fingerprint density at radius 1 is 0.714 bits per heavy atom. The standard InChI is InChI=1S/C17H21NO3/c1-19-15-7-4-13(5-8-15)11-18-12-14-6-9-16(20-2)17(10-14)21-3/h4-10,18H,11-12H2,1-3H3/p+1. The van der Waals surface area contributed by atoms with E-state index in [-0.39, 0.29) is 0 Å². The van der Waals surface area contributed by atoms with E-state index in [0.717, 1.165) is 30.3 Å². The van der Waals surface area contributed by atoms with Gasteiger partial charge in [0.15, 0.2) is 11.5 Å². The van der Waals surface area contributed by atoms with Crippen LogP contribution in [0.4, 0.5) is 0 Å². The predicted molar refractivity (Wildman–Crippen MR) is 81.9 cm³/mol. The zero-order chi connectivity index (χ0) is 15.1. The number of nitrogens with two attached hydrogens (primary N) is 1. The van der Waals surface area contributed by atoms with Crippen LogP contribution in [0.15, 0.2) is 42.5 Å². The van der Waals surface area contributed by atoms with Crippen molar-refractivity contribution < 1.29 is 19.5 Å². The van der Waals surface area contributed by atoms with Crippen LogP contribution in [-0.4, -0.2) is 21.3 Å². The number of ether oxygens (including phenoxy) is 3. The highest BCUT2D eigenvalue weighted by atomic mass is 16.5. The van der Waals surface area contributed by atoms with Crippen molar-refractivity contribution in [2.75, 3.05) is 21.3 Å². The molecule has 0 unspecified atom stereocenters. The van der Waals surface area contributed by atoms with E-state index >= 15 is 0 Å². The van der Waals surface area contributed by atoms with Crippen molar-refractivity contribution in [3.63, 3.8) is 0 Å². The van der Waals surface area contributed by atoms with Gasteiger partial charge in [0.1, 0.15) is 18.8 Å². The van der Waals surface area contributed by atoms with Gasteiger partial charge in [-0.2, -0.15) is 0 Å². The van der Waals surface area contributed by atoms with E-state index < -0.39 is 0 Å². The summed E-state index contributed by atoms with van der Waals surface area (Å²) in [5, 5.41) is 2.25. The van der Waals surface area contributed by atoms with E-state index in [1.807, 2.05) is 24.3 Å². The van der Waals surface area contributed by atoms with Crippen molar-refractivity contribution in [3.05, 3.63) is 53.6 Å². The Hall–Kier alpha value is -2.20. The molecule has 4 heteroatoms. The summed E-state index contributed by atoms with van der Waals surface area (Å²) in [6.45, 7) is 1.82. The van der Waals surface area contributed by atoms with Crippen molar-refractivity contribution in [1.82, 2.24) is 0 Å². The predicted octanol–water partition coefficient (Wildman–Crippen LogP) is 1.98. The average Bonchev–Trinajstić information content (AvgIpc) is 2.55. The zero-order valence-electron chi connectivity index (χ0n) is 12.8. The monoisotopic (exact) mass is 288 g/mol. The maximum Gasteiger partial charge on any atom is 0.161 e. The first-order chi connectivity index (χ1) is 10.3. The first-order valence-corrected chi connectivity index (χ1v) is 6.92. The molecule has 0 aliphatic heterocycles. The molecule has 0 atom stereocenters. The summed E-state index contributed by atoms with van der Waals surface area (Å²) in [4.78, 5) is 0. The first-order valence-electron chi connectivity index (χ1n) is 6.92. The van der Waals surface area contributed by atoms with Crippen LogP contribution >= 0.6 is 0 Å². The van der Waals surface area contributed by atoms with E-state index in [9.17, 15) is 0 Å². The molecule has 0 aliphatic rings. The van der Waals surface area contributed by atoms with Crippen LogP contribution in [0, 0.1) is 0 Å². The number of rotatable bonds is 7. The van der Waals surface area contributed by atoms with Gasteiger partial charge in [-0.3, -0.25) is 0 Å². The zero-order valence-corrected chi connectivity index (χ0v) is 12.8. The minimum atomic E-state index is 0.761. The number of quaternary nitrogens is 1. The minimum Gasteiger partial charge on any atom is -0.497 e. The van der Waals surface area contributed by atoms with Crippen molar-refractivity contribution in [2.24, 2.45) is 0 Å². The van der Waals surface area contributed by atoms with E-state index in [1.165, 1.54) is 11.1 Å². The molecule has 0 fully saturated rings. The molecule has 0 heterocycles. The molecule has 0 spiro atoms. The summed E-state index contributed by atoms with van der Waals surface area (Å²) in [5.41, 5.74) is 2.48. The molecular weight excluding hydrogens is 266 g/mol. The lowest BCUT2D eigenvalue weighted by Crippen LogP contribution is -2.80. The maximum atomic E-state index is 5.31. The van der Waals surface area contributed by atoms with E-state index in [1.54, 1.807) is 21.3 Å². The number of hydrogen-bond donors (Lipinski definition) is 1. The molecule has 0 aliphatic carbocycles. The van der Waals surface area contributed by atoms with Crippen molar-refractivity contribution in [1.29, 1.82) is 0 Å². The van der Waals surface area contributed by atoms with E-state index in [0.29, 0.717) is 0 Å². The lowest BCUT2D eigenvalue weighted by molar-refractivity contribution is -0.686. The summed E-state index contributed by atoms with van der Waals surface area (Å²) in [7, 11) is 4.98. The number of hydrogen-bond acceptors (Lipinski definition) is 3. The summed E-state index contributed by atoms with van der Waals surface area (Å²) in [6.07, 6.45) is 0. The largest absolute Gasteiger partial charge is 0.497 e. The molecule has 0 radical (unpaired) electrons. The fourth-order valence-corrected chi connectivity index (χ4v) is 2.17. The SMILES string of the molecule is COc1ccc(C[NH2+]Cc2ccc(OC)c(OC)c2)cc1. The Labute approximate surface area is 125 Å². The van der Waals surface area contributed by atoms with Crippen molar-refractivity contribution >= 4 is 0 Å². The van der Waals surface area contributed by atoms with E-state index in [4.69, 9.17) is 14.2 Å². The average molecular weight is 288 g/mol. The van der Waals surface area contributed by atoms with Gasteiger partial charge in [-0.05, 0) is 42.5 Å². The van der Waals surface area contributed by atoms with Gasteiger partial charge >= 0.3 is 0 Å². The van der Waals surface area contributed by atoms with Crippen LogP contribution in [0.3, 0.4) is 0 Å². The molecule has 2 aromatic carbocycles. The lowest BCUT2D eigenvalue weighted by atomic mass is 10.2. The van der Waals surface area contributed by atoms with Crippen molar-refractivity contribution in [3.8, 4) is 17.2 Å². The second kappa shape index (κ2) is 7.55. The van der Waals surface area contributed by atoms with Crippen LogP contribution in [0.2, 0.25) is 0 Å². The number of methoxy groups -OCH3 is 3. The molecule has 2 rings (SSSR count). The third-order valence-electron chi connectivity index (χ3n) is 3.37. The molecule has 2 N–H and O–H groups in total. The Balaban J connectivity index is 1.90. The summed E-state index contributed by atoms with van der Waals surface area (Å²) >= 11 is 0. The van der Waals surface area contributed by atoms with Gasteiger partial charge in [0.05, 0.1) is 21.3 Å². The highest BCUT2D eigenvalue weighted by Crippen LogP contribution is 2.27. The molecule has 0 bridgehead atoms. The quantitative estimate of drug-likeness (QED) is 0.847. The third-order valence-corrected chi connectivity index (χ3v) is 3.37. The topological polar surface area (TPSA) is 44.3 Å². The van der Waals surface area contributed by atoms with Crippen LogP contribution < -0.4 is 19.5 Å². The summed E-state index contributed by atoms with van der Waals surface area (Å²) < 4.78 is 15.7. The summed E-state index contributed by atoms with van der Waals surface area (Å²) in [6, 6.07) is 14.2. The second-order valence-electron chi connectivity index (χ2n) is 4.73. The second-order valence-corrected chi connectivity index (χ2v) is 4.73. The van der Waals surface area contributed by atoms with Gasteiger partial charge in [-0.25, -0.2) is 0 Å². The minimum absolute atomic E-state index is 0.761. The first kappa shape index (κ1) is 15.2. The molecule has 0 aromatic heterocycles. The van der Waals surface area contributed by atoms with E-state index in [2.05, 4.69) is 23.5 Å². The van der Waals surface area contributed by atoms with Gasteiger partial charge in [-0.1, -0.05) is 0 Å². The Bertz CT molecular complexity index is 567. The highest BCUT2D eigenvalue weighted by molar-refractivity contribution is 5.42. The third kappa shape index (κ3) is 4.13. The van der Waals surface area contributed by atoms with Gasteiger partial charge in [0, 0.05) is 11.1 Å². The lowest BCUT2D eigenvalue weighted by Gasteiger charge is -2.09. The maximum absolute atomic E-state index is 5.31. The van der Waals surface area contributed by atoms with Crippen LogP contribution in [0.1, 0.15) is 11.1 Å². The molecule has 4 nitrogen and oxygen atoms in total. The van der Waals surface area contributed by atoms with Gasteiger partial charge in [0.25, 0.3) is 0 Å². The van der Waals surface area contributed by atoms with Gasteiger partial charge in [-0.15, -0.1) is 0 Å². The molecule has 0 saturated heterocycles. The summed E-state index contributed by atoms with van der Waals surface area (Å²) in [5.74, 6) is 2.42. The van der Waals surface area contributed by atoms with Crippen LogP contribution in [-0.2, 0) is 13.1 Å². The Kier molecular flexibility index (Phi) is 5.46. The fraction of sp³-hybridized carbons (Fsp3) is 0.294. The normalized spacial score (nSPS) is 10.2. The molecule has 0 saturated carbocycles. The van der Waals surface area contributed by atoms with Crippen molar-refractivity contribution in [2.45, 2.75) is 13.1 Å². The number of benzene rings is 2. The van der Waals surface area contributed by atoms with Crippen LogP contribution in [0.25, 0.3) is 0 Å². The smallest absolute Gasteiger partial charge is 0.161 e. The molecular formula is C17H22NO3+. The Morgan fingerprint density at radius 3 is 1.95 bits per heavy atom.